The summed E-state index contributed by atoms with van der Waals surface area (Å²) in [5, 5.41) is 8.06. The van der Waals surface area contributed by atoms with Gasteiger partial charge in [-0.2, -0.15) is 0 Å². The fourth-order valence-electron chi connectivity index (χ4n) is 2.43. The lowest BCUT2D eigenvalue weighted by Crippen LogP contribution is -2.37. The first-order chi connectivity index (χ1) is 14.5. The molecule has 2 N–H and O–H groups in total. The van der Waals surface area contributed by atoms with E-state index in [1.807, 2.05) is 35.7 Å². The van der Waals surface area contributed by atoms with Crippen LogP contribution in [-0.2, 0) is 4.79 Å². The summed E-state index contributed by atoms with van der Waals surface area (Å²) in [6.45, 7) is -0.155. The predicted molar refractivity (Wildman–Crippen MR) is 125 cm³/mol. The van der Waals surface area contributed by atoms with Crippen molar-refractivity contribution >= 4 is 55.6 Å². The van der Waals surface area contributed by atoms with Gasteiger partial charge >= 0.3 is 0 Å². The third kappa shape index (κ3) is 5.91. The van der Waals surface area contributed by atoms with Crippen molar-refractivity contribution in [3.63, 3.8) is 0 Å². The van der Waals surface area contributed by atoms with Gasteiger partial charge in [-0.3, -0.25) is 10.1 Å². The molecule has 1 heterocycles. The Morgan fingerprint density at radius 2 is 1.87 bits per heavy atom. The molecule has 7 nitrogen and oxygen atoms in total. The molecule has 0 saturated carbocycles. The topological polar surface area (TPSA) is 81.7 Å². The first-order valence-electron chi connectivity index (χ1n) is 8.65. The summed E-state index contributed by atoms with van der Waals surface area (Å²) in [6.07, 6.45) is 0. The zero-order chi connectivity index (χ0) is 21.5. The Balaban J connectivity index is 1.54. The Kier molecular flexibility index (Phi) is 7.61. The lowest BCUT2D eigenvalue weighted by Gasteiger charge is -2.09. The summed E-state index contributed by atoms with van der Waals surface area (Å²) >= 11 is 9.89. The van der Waals surface area contributed by atoms with E-state index in [0.717, 1.165) is 15.7 Å². The predicted octanol–water partition coefficient (Wildman–Crippen LogP) is 4.48. The van der Waals surface area contributed by atoms with Gasteiger partial charge in [-0.25, -0.2) is 4.98 Å². The second-order valence-corrected chi connectivity index (χ2v) is 8.03. The van der Waals surface area contributed by atoms with Crippen molar-refractivity contribution in [3.8, 4) is 28.5 Å². The highest BCUT2D eigenvalue weighted by atomic mass is 79.9. The number of thiocarbonyl (C=S) groups is 1. The zero-order valence-electron chi connectivity index (χ0n) is 16.1. The second kappa shape index (κ2) is 10.4. The number of ether oxygens (including phenoxy) is 3. The number of methoxy groups -OCH3 is 2. The van der Waals surface area contributed by atoms with Crippen LogP contribution in [0.3, 0.4) is 0 Å². The van der Waals surface area contributed by atoms with Crippen molar-refractivity contribution in [2.45, 2.75) is 0 Å². The number of benzene rings is 2. The Labute approximate surface area is 191 Å². The van der Waals surface area contributed by atoms with Gasteiger partial charge < -0.3 is 19.5 Å². The van der Waals surface area contributed by atoms with Gasteiger partial charge in [0, 0.05) is 15.4 Å². The number of thiazole rings is 1. The minimum atomic E-state index is -0.368. The Bertz CT molecular complexity index is 1040. The average Bonchev–Trinajstić information content (AvgIpc) is 3.21. The summed E-state index contributed by atoms with van der Waals surface area (Å²) in [4.78, 5) is 16.5. The Hall–Kier alpha value is -2.69. The molecule has 1 amide bonds. The monoisotopic (exact) mass is 507 g/mol. The van der Waals surface area contributed by atoms with E-state index in [9.17, 15) is 4.79 Å². The SMILES string of the molecule is COc1ccc(-c2csc(NC(=S)NC(=O)COc3ccc(Br)cc3)n2)cc1OC. The van der Waals surface area contributed by atoms with Crippen molar-refractivity contribution in [1.82, 2.24) is 10.3 Å². The molecule has 3 aromatic rings. The Morgan fingerprint density at radius 3 is 2.57 bits per heavy atom. The number of hydrogen-bond acceptors (Lipinski definition) is 7. The van der Waals surface area contributed by atoms with E-state index in [1.54, 1.807) is 26.4 Å². The van der Waals surface area contributed by atoms with Crippen molar-refractivity contribution in [3.05, 3.63) is 52.3 Å². The molecule has 0 spiro atoms. The van der Waals surface area contributed by atoms with Gasteiger partial charge in [0.1, 0.15) is 5.75 Å². The van der Waals surface area contributed by atoms with Crippen LogP contribution in [0.2, 0.25) is 0 Å². The molecule has 2 aromatic carbocycles. The number of hydrogen-bond donors (Lipinski definition) is 2. The molecule has 0 aliphatic carbocycles. The van der Waals surface area contributed by atoms with Crippen LogP contribution in [0, 0.1) is 0 Å². The third-order valence-corrected chi connectivity index (χ3v) is 5.33. The zero-order valence-corrected chi connectivity index (χ0v) is 19.3. The largest absolute Gasteiger partial charge is 0.493 e. The number of nitrogens with one attached hydrogen (secondary N) is 2. The highest BCUT2D eigenvalue weighted by molar-refractivity contribution is 9.10. The molecule has 0 atom stereocenters. The highest BCUT2D eigenvalue weighted by Gasteiger charge is 2.11. The van der Waals surface area contributed by atoms with Crippen LogP contribution in [0.4, 0.5) is 5.13 Å². The fraction of sp³-hybridized carbons (Fsp3) is 0.150. The standard InChI is InChI=1S/C20H18BrN3O4S2/c1-26-16-8-3-12(9-17(16)27-2)15-11-30-20(22-15)24-19(29)23-18(25)10-28-14-6-4-13(21)5-7-14/h3-9,11H,10H2,1-2H3,(H2,22,23,24,25,29). The van der Waals surface area contributed by atoms with Crippen molar-refractivity contribution < 1.29 is 19.0 Å². The van der Waals surface area contributed by atoms with Crippen molar-refractivity contribution in [2.75, 3.05) is 26.1 Å². The normalized spacial score (nSPS) is 10.2. The molecule has 1 aromatic heterocycles. The molecule has 0 bridgehead atoms. The van der Waals surface area contributed by atoms with E-state index in [2.05, 4.69) is 31.5 Å². The molecule has 0 fully saturated rings. The molecule has 0 radical (unpaired) electrons. The number of rotatable bonds is 7. The summed E-state index contributed by atoms with van der Waals surface area (Å²) in [7, 11) is 3.17. The van der Waals surface area contributed by atoms with E-state index in [0.29, 0.717) is 22.4 Å². The van der Waals surface area contributed by atoms with Crippen LogP contribution in [0.25, 0.3) is 11.3 Å². The van der Waals surface area contributed by atoms with E-state index in [-0.39, 0.29) is 17.6 Å². The molecule has 0 aliphatic heterocycles. The average molecular weight is 508 g/mol. The van der Waals surface area contributed by atoms with Crippen LogP contribution < -0.4 is 24.8 Å². The summed E-state index contributed by atoms with van der Waals surface area (Å²) < 4.78 is 16.9. The minimum Gasteiger partial charge on any atom is -0.493 e. The van der Waals surface area contributed by atoms with Crippen molar-refractivity contribution in [1.29, 1.82) is 0 Å². The summed E-state index contributed by atoms with van der Waals surface area (Å²) in [6, 6.07) is 12.7. The maximum atomic E-state index is 12.0. The first kappa shape index (κ1) is 22.0. The number of nitrogens with zero attached hydrogens (tertiary/aromatic N) is 1. The van der Waals surface area contributed by atoms with Gasteiger partial charge in [0.2, 0.25) is 0 Å². The maximum absolute atomic E-state index is 12.0. The van der Waals surface area contributed by atoms with E-state index < -0.39 is 0 Å². The molecule has 0 unspecified atom stereocenters. The number of amides is 1. The van der Waals surface area contributed by atoms with E-state index >= 15 is 0 Å². The molecule has 0 aliphatic rings. The minimum absolute atomic E-state index is 0.146. The number of aromatic nitrogens is 1. The van der Waals surface area contributed by atoms with Gasteiger partial charge in [0.25, 0.3) is 5.91 Å². The quantitative estimate of drug-likeness (QED) is 0.456. The van der Waals surface area contributed by atoms with Crippen LogP contribution in [0.1, 0.15) is 0 Å². The maximum Gasteiger partial charge on any atom is 0.264 e. The molecular formula is C20H18BrN3O4S2. The second-order valence-electron chi connectivity index (χ2n) is 5.85. The lowest BCUT2D eigenvalue weighted by atomic mass is 10.1. The van der Waals surface area contributed by atoms with E-state index in [1.165, 1.54) is 11.3 Å². The number of carbonyl (C=O) groups is 1. The molecule has 3 rings (SSSR count). The molecule has 30 heavy (non-hydrogen) atoms. The number of carbonyl (C=O) groups excluding carboxylic acids is 1. The van der Waals surface area contributed by atoms with Crippen molar-refractivity contribution in [2.24, 2.45) is 0 Å². The summed E-state index contributed by atoms with van der Waals surface area (Å²) in [5.41, 5.74) is 1.62. The lowest BCUT2D eigenvalue weighted by molar-refractivity contribution is -0.121. The van der Waals surface area contributed by atoms with E-state index in [4.69, 9.17) is 26.4 Å². The van der Waals surface area contributed by atoms with Gasteiger partial charge in [0.15, 0.2) is 28.3 Å². The van der Waals surface area contributed by atoms with Gasteiger partial charge in [-0.1, -0.05) is 15.9 Å². The highest BCUT2D eigenvalue weighted by Crippen LogP contribution is 2.33. The smallest absolute Gasteiger partial charge is 0.264 e. The molecular weight excluding hydrogens is 490 g/mol. The van der Waals surface area contributed by atoms with Gasteiger partial charge in [-0.15, -0.1) is 11.3 Å². The molecule has 156 valence electrons. The Morgan fingerprint density at radius 1 is 1.13 bits per heavy atom. The first-order valence-corrected chi connectivity index (χ1v) is 10.7. The van der Waals surface area contributed by atoms with Crippen LogP contribution in [0.15, 0.2) is 52.3 Å². The summed E-state index contributed by atoms with van der Waals surface area (Å²) in [5.74, 6) is 1.48. The third-order valence-electron chi connectivity index (χ3n) is 3.84. The fourth-order valence-corrected chi connectivity index (χ4v) is 3.69. The molecule has 0 saturated heterocycles. The van der Waals surface area contributed by atoms with Gasteiger partial charge in [0.05, 0.1) is 19.9 Å². The number of anilines is 1. The van der Waals surface area contributed by atoms with Gasteiger partial charge in [-0.05, 0) is 54.7 Å². The van der Waals surface area contributed by atoms with Crippen LogP contribution >= 0.6 is 39.5 Å². The number of halogens is 1. The van der Waals surface area contributed by atoms with Crippen LogP contribution in [-0.4, -0.2) is 36.8 Å². The van der Waals surface area contributed by atoms with Crippen LogP contribution in [0.5, 0.6) is 17.2 Å². The molecule has 10 heteroatoms.